The fourth-order valence-corrected chi connectivity index (χ4v) is 5.43. The van der Waals surface area contributed by atoms with Gasteiger partial charge in [-0.15, -0.1) is 0 Å². The third-order valence-electron chi connectivity index (χ3n) is 7.54. The lowest BCUT2D eigenvalue weighted by Gasteiger charge is -2.35. The summed E-state index contributed by atoms with van der Waals surface area (Å²) in [6.07, 6.45) is 3.42. The largest absolute Gasteiger partial charge is 0.493 e. The molecule has 0 aromatic heterocycles. The predicted octanol–water partition coefficient (Wildman–Crippen LogP) is 4.54. The number of ether oxygens (including phenoxy) is 4. The highest BCUT2D eigenvalue weighted by atomic mass is 16.5. The number of carbonyl (C=O) groups is 2. The molecule has 0 radical (unpaired) electrons. The maximum Gasteiger partial charge on any atom is 0.313 e. The molecule has 1 N–H and O–H groups in total. The zero-order chi connectivity index (χ0) is 23.9. The zero-order valence-electron chi connectivity index (χ0n) is 19.6. The third-order valence-corrected chi connectivity index (χ3v) is 7.54. The molecule has 3 aliphatic rings. The molecule has 2 aliphatic carbocycles. The molecule has 0 bridgehead atoms. The van der Waals surface area contributed by atoms with Crippen LogP contribution >= 0.6 is 0 Å². The molecule has 1 aliphatic heterocycles. The molecule has 1 saturated heterocycles. The van der Waals surface area contributed by atoms with Gasteiger partial charge in [-0.05, 0) is 55.4 Å². The van der Waals surface area contributed by atoms with Crippen molar-refractivity contribution < 1.29 is 33.6 Å². The number of hydrogen-bond acceptors (Lipinski definition) is 6. The van der Waals surface area contributed by atoms with Crippen molar-refractivity contribution in [1.82, 2.24) is 0 Å². The van der Waals surface area contributed by atoms with Crippen LogP contribution in [0.3, 0.4) is 0 Å². The molecular formula is C27H30O7. The first-order chi connectivity index (χ1) is 16.5. The summed E-state index contributed by atoms with van der Waals surface area (Å²) in [7, 11) is 3.13. The minimum absolute atomic E-state index is 0.0637. The summed E-state index contributed by atoms with van der Waals surface area (Å²) in [5, 5.41) is 10.1. The highest BCUT2D eigenvalue weighted by Gasteiger charge is 2.60. The lowest BCUT2D eigenvalue weighted by atomic mass is 9.83. The van der Waals surface area contributed by atoms with Crippen LogP contribution < -0.4 is 14.2 Å². The number of aryl methyl sites for hydroxylation is 1. The average Bonchev–Trinajstić information content (AvgIpc) is 3.60. The van der Waals surface area contributed by atoms with Crippen LogP contribution in [0.5, 0.6) is 17.2 Å². The summed E-state index contributed by atoms with van der Waals surface area (Å²) in [6.45, 7) is 1.20. The predicted molar refractivity (Wildman–Crippen MR) is 125 cm³/mol. The summed E-state index contributed by atoms with van der Waals surface area (Å²) in [5.41, 5.74) is 2.58. The van der Waals surface area contributed by atoms with E-state index in [1.165, 1.54) is 0 Å². The number of benzene rings is 2. The van der Waals surface area contributed by atoms with Gasteiger partial charge >= 0.3 is 5.97 Å². The Bertz CT molecular complexity index is 1110. The topological polar surface area (TPSA) is 91.3 Å². The van der Waals surface area contributed by atoms with E-state index in [-0.39, 0.29) is 11.7 Å². The van der Waals surface area contributed by atoms with Crippen LogP contribution in [0.15, 0.2) is 30.3 Å². The summed E-state index contributed by atoms with van der Waals surface area (Å²) < 4.78 is 23.6. The van der Waals surface area contributed by atoms with Crippen LogP contribution in [0.1, 0.15) is 48.0 Å². The van der Waals surface area contributed by atoms with Crippen LogP contribution in [-0.4, -0.2) is 50.4 Å². The summed E-state index contributed by atoms with van der Waals surface area (Å²) >= 11 is 0. The van der Waals surface area contributed by atoms with Gasteiger partial charge in [0.1, 0.15) is 11.5 Å². The van der Waals surface area contributed by atoms with Gasteiger partial charge in [0.05, 0.1) is 14.2 Å². The number of carboxylic acid groups (broad SMARTS) is 1. The van der Waals surface area contributed by atoms with Crippen LogP contribution in [-0.2, 0) is 16.0 Å². The minimum Gasteiger partial charge on any atom is -0.493 e. The number of Topliss-reactive ketones (excluding diaryl/α,β-unsaturated/α-hetero) is 1. The van der Waals surface area contributed by atoms with E-state index in [2.05, 4.69) is 0 Å². The van der Waals surface area contributed by atoms with E-state index in [9.17, 15) is 14.7 Å². The van der Waals surface area contributed by atoms with Gasteiger partial charge in [0.15, 0.2) is 17.3 Å². The van der Waals surface area contributed by atoms with Crippen molar-refractivity contribution in [1.29, 1.82) is 0 Å². The van der Waals surface area contributed by atoms with E-state index in [1.54, 1.807) is 14.2 Å². The van der Waals surface area contributed by atoms with Crippen molar-refractivity contribution in [2.75, 3.05) is 27.4 Å². The molecule has 1 atom stereocenters. The van der Waals surface area contributed by atoms with Crippen molar-refractivity contribution in [2.45, 2.75) is 44.6 Å². The fraction of sp³-hybridized carbons (Fsp3) is 0.481. The molecule has 34 heavy (non-hydrogen) atoms. The number of carbonyl (C=O) groups excluding carboxylic acids is 1. The number of ketones is 1. The molecule has 1 saturated carbocycles. The number of fused-ring (bicyclic) bond motifs is 1. The van der Waals surface area contributed by atoms with E-state index >= 15 is 0 Å². The second-order valence-electron chi connectivity index (χ2n) is 9.42. The Morgan fingerprint density at radius 3 is 2.41 bits per heavy atom. The molecule has 180 valence electrons. The monoisotopic (exact) mass is 466 g/mol. The number of carboxylic acids is 1. The average molecular weight is 467 g/mol. The normalized spacial score (nSPS) is 19.9. The van der Waals surface area contributed by atoms with E-state index in [1.807, 2.05) is 30.3 Å². The molecule has 5 rings (SSSR count). The SMILES string of the molecule is COc1ccc(-c2ccc3c(c2)CCC3=O)c(OC(C2CCOCC2)C2(C(=O)O)CC2)c1OC. The van der Waals surface area contributed by atoms with Crippen LogP contribution in [0.2, 0.25) is 0 Å². The lowest BCUT2D eigenvalue weighted by Crippen LogP contribution is -2.43. The van der Waals surface area contributed by atoms with E-state index < -0.39 is 17.5 Å². The van der Waals surface area contributed by atoms with E-state index in [0.717, 1.165) is 41.5 Å². The molecule has 2 aromatic rings. The second-order valence-corrected chi connectivity index (χ2v) is 9.42. The maximum atomic E-state index is 12.3. The van der Waals surface area contributed by atoms with Crippen molar-refractivity contribution in [3.8, 4) is 28.4 Å². The van der Waals surface area contributed by atoms with Crippen LogP contribution in [0.4, 0.5) is 0 Å². The standard InChI is InChI=1S/C27H30O7/c1-31-22-8-6-20(18-3-5-19-17(15-18)4-7-21(19)28)23(24(22)32-2)34-25(16-9-13-33-14-10-16)27(11-12-27)26(29)30/h3,5-6,8,15-16,25H,4,7,9-14H2,1-2H3,(H,29,30). The quantitative estimate of drug-likeness (QED) is 0.611. The van der Waals surface area contributed by atoms with Crippen molar-refractivity contribution >= 4 is 11.8 Å². The summed E-state index contributed by atoms with van der Waals surface area (Å²) in [6, 6.07) is 9.56. The molecular weight excluding hydrogens is 436 g/mol. The van der Waals surface area contributed by atoms with Crippen LogP contribution in [0, 0.1) is 11.3 Å². The Balaban J connectivity index is 1.61. The Kier molecular flexibility index (Phi) is 5.98. The highest BCUT2D eigenvalue weighted by Crippen LogP contribution is 2.56. The second kappa shape index (κ2) is 8.95. The first-order valence-electron chi connectivity index (χ1n) is 11.9. The van der Waals surface area contributed by atoms with Gasteiger partial charge in [0, 0.05) is 36.7 Å². The number of rotatable bonds is 8. The Hall–Kier alpha value is -3.06. The number of hydrogen-bond donors (Lipinski definition) is 1. The molecule has 7 heteroatoms. The van der Waals surface area contributed by atoms with Gasteiger partial charge < -0.3 is 24.1 Å². The van der Waals surface area contributed by atoms with Gasteiger partial charge in [-0.3, -0.25) is 9.59 Å². The lowest BCUT2D eigenvalue weighted by molar-refractivity contribution is -0.150. The molecule has 0 amide bonds. The van der Waals surface area contributed by atoms with E-state index in [0.29, 0.717) is 49.7 Å². The highest BCUT2D eigenvalue weighted by molar-refractivity contribution is 6.01. The Morgan fingerprint density at radius 2 is 1.76 bits per heavy atom. The molecule has 1 unspecified atom stereocenters. The first-order valence-corrected chi connectivity index (χ1v) is 11.9. The molecule has 0 spiro atoms. The van der Waals surface area contributed by atoms with Crippen LogP contribution in [0.25, 0.3) is 11.1 Å². The summed E-state index contributed by atoms with van der Waals surface area (Å²) in [5.74, 6) is 0.854. The molecule has 2 aromatic carbocycles. The fourth-order valence-electron chi connectivity index (χ4n) is 5.43. The Morgan fingerprint density at radius 1 is 1.03 bits per heavy atom. The van der Waals surface area contributed by atoms with Gasteiger partial charge in [-0.25, -0.2) is 0 Å². The molecule has 1 heterocycles. The van der Waals surface area contributed by atoms with Crippen molar-refractivity contribution in [2.24, 2.45) is 11.3 Å². The maximum absolute atomic E-state index is 12.3. The van der Waals surface area contributed by atoms with Gasteiger partial charge in [-0.1, -0.05) is 18.2 Å². The molecule has 7 nitrogen and oxygen atoms in total. The minimum atomic E-state index is -0.905. The first kappa shape index (κ1) is 22.7. The number of aliphatic carboxylic acids is 1. The van der Waals surface area contributed by atoms with Gasteiger partial charge in [0.2, 0.25) is 5.75 Å². The van der Waals surface area contributed by atoms with Gasteiger partial charge in [-0.2, -0.15) is 0 Å². The van der Waals surface area contributed by atoms with Crippen molar-refractivity contribution in [3.63, 3.8) is 0 Å². The third kappa shape index (κ3) is 3.82. The summed E-state index contributed by atoms with van der Waals surface area (Å²) in [4.78, 5) is 24.5. The smallest absolute Gasteiger partial charge is 0.313 e. The number of methoxy groups -OCH3 is 2. The Labute approximate surface area is 199 Å². The van der Waals surface area contributed by atoms with Gasteiger partial charge in [0.25, 0.3) is 0 Å². The van der Waals surface area contributed by atoms with E-state index in [4.69, 9.17) is 18.9 Å². The zero-order valence-corrected chi connectivity index (χ0v) is 19.6. The molecule has 2 fully saturated rings. The van der Waals surface area contributed by atoms with Crippen molar-refractivity contribution in [3.05, 3.63) is 41.5 Å².